The average molecular weight is 292 g/mol. The van der Waals surface area contributed by atoms with Gasteiger partial charge in [0.2, 0.25) is 0 Å². The number of halogens is 1. The van der Waals surface area contributed by atoms with Crippen LogP contribution in [0, 0.1) is 11.3 Å². The lowest BCUT2D eigenvalue weighted by atomic mass is 10.0. The van der Waals surface area contributed by atoms with Crippen LogP contribution in [0.5, 0.6) is 0 Å². The van der Waals surface area contributed by atoms with Gasteiger partial charge in [0.25, 0.3) is 0 Å². The molecule has 2 aliphatic carbocycles. The van der Waals surface area contributed by atoms with Gasteiger partial charge in [-0.15, -0.1) is 0 Å². The molecule has 3 nitrogen and oxygen atoms in total. The molecule has 0 spiro atoms. The predicted octanol–water partition coefficient (Wildman–Crippen LogP) is 3.20. The zero-order valence-electron chi connectivity index (χ0n) is 12.0. The Bertz CT molecular complexity index is 487. The molecule has 0 atom stereocenters. The van der Waals surface area contributed by atoms with Crippen molar-refractivity contribution in [3.05, 3.63) is 34.9 Å². The largest absolute Gasteiger partial charge is 0.356 e. The van der Waals surface area contributed by atoms with Gasteiger partial charge in [-0.3, -0.25) is 4.99 Å². The van der Waals surface area contributed by atoms with E-state index in [-0.39, 0.29) is 0 Å². The number of hydrogen-bond acceptors (Lipinski definition) is 1. The fourth-order valence-corrected chi connectivity index (χ4v) is 2.98. The second-order valence-corrected chi connectivity index (χ2v) is 6.48. The van der Waals surface area contributed by atoms with Gasteiger partial charge in [0, 0.05) is 25.2 Å². The molecule has 0 saturated heterocycles. The number of nitrogens with one attached hydrogen (secondary N) is 2. The van der Waals surface area contributed by atoms with E-state index in [9.17, 15) is 0 Å². The molecule has 1 aromatic carbocycles. The van der Waals surface area contributed by atoms with Crippen LogP contribution in [0.4, 0.5) is 0 Å². The van der Waals surface area contributed by atoms with Crippen molar-refractivity contribution in [2.45, 2.75) is 32.2 Å². The number of guanidine groups is 1. The van der Waals surface area contributed by atoms with E-state index in [0.29, 0.717) is 5.41 Å². The number of nitrogens with zero attached hydrogens (tertiary/aromatic N) is 1. The lowest BCUT2D eigenvalue weighted by Gasteiger charge is -2.18. The fourth-order valence-electron chi connectivity index (χ4n) is 2.85. The van der Waals surface area contributed by atoms with Crippen LogP contribution in [0.25, 0.3) is 0 Å². The molecular weight excluding hydrogens is 270 g/mol. The van der Waals surface area contributed by atoms with Gasteiger partial charge in [0.05, 0.1) is 0 Å². The molecular formula is C16H22ClN3. The number of rotatable bonds is 5. The SMILES string of the molecule is CN=C(NCc1ccc(Cl)cc1)NCC1(C2CC2)CC1. The smallest absolute Gasteiger partial charge is 0.191 e. The van der Waals surface area contributed by atoms with E-state index in [4.69, 9.17) is 11.6 Å². The molecule has 0 aliphatic heterocycles. The van der Waals surface area contributed by atoms with Crippen molar-refractivity contribution in [3.63, 3.8) is 0 Å². The lowest BCUT2D eigenvalue weighted by Crippen LogP contribution is -2.40. The summed E-state index contributed by atoms with van der Waals surface area (Å²) in [5.41, 5.74) is 1.80. The minimum Gasteiger partial charge on any atom is -0.356 e. The summed E-state index contributed by atoms with van der Waals surface area (Å²) in [6, 6.07) is 7.91. The van der Waals surface area contributed by atoms with Crippen LogP contribution in [0.1, 0.15) is 31.2 Å². The molecule has 0 bridgehead atoms. The van der Waals surface area contributed by atoms with Gasteiger partial charge in [0.15, 0.2) is 5.96 Å². The van der Waals surface area contributed by atoms with E-state index >= 15 is 0 Å². The molecule has 2 saturated carbocycles. The van der Waals surface area contributed by atoms with E-state index in [1.54, 1.807) is 0 Å². The molecule has 0 heterocycles. The number of hydrogen-bond donors (Lipinski definition) is 2. The molecule has 3 rings (SSSR count). The highest BCUT2D eigenvalue weighted by atomic mass is 35.5. The quantitative estimate of drug-likeness (QED) is 0.646. The second kappa shape index (κ2) is 5.65. The molecule has 0 unspecified atom stereocenters. The highest BCUT2D eigenvalue weighted by Crippen LogP contribution is 2.60. The summed E-state index contributed by atoms with van der Waals surface area (Å²) in [4.78, 5) is 4.30. The van der Waals surface area contributed by atoms with Crippen molar-refractivity contribution >= 4 is 17.6 Å². The second-order valence-electron chi connectivity index (χ2n) is 6.04. The Hall–Kier alpha value is -1.22. The Morgan fingerprint density at radius 1 is 1.25 bits per heavy atom. The van der Waals surface area contributed by atoms with Gasteiger partial charge in [-0.1, -0.05) is 23.7 Å². The van der Waals surface area contributed by atoms with Gasteiger partial charge in [-0.2, -0.15) is 0 Å². The first-order valence-corrected chi connectivity index (χ1v) is 7.79. The Morgan fingerprint density at radius 2 is 1.95 bits per heavy atom. The van der Waals surface area contributed by atoms with Gasteiger partial charge < -0.3 is 10.6 Å². The van der Waals surface area contributed by atoms with Crippen LogP contribution in [0.2, 0.25) is 5.02 Å². The van der Waals surface area contributed by atoms with Crippen molar-refractivity contribution < 1.29 is 0 Å². The molecule has 0 radical (unpaired) electrons. The monoisotopic (exact) mass is 291 g/mol. The molecule has 2 N–H and O–H groups in total. The highest BCUT2D eigenvalue weighted by molar-refractivity contribution is 6.30. The Kier molecular flexibility index (Phi) is 3.88. The van der Waals surface area contributed by atoms with E-state index in [1.807, 2.05) is 31.3 Å². The van der Waals surface area contributed by atoms with Crippen LogP contribution in [-0.4, -0.2) is 19.6 Å². The predicted molar refractivity (Wildman–Crippen MR) is 84.0 cm³/mol. The summed E-state index contributed by atoms with van der Waals surface area (Å²) in [5, 5.41) is 7.62. The van der Waals surface area contributed by atoms with E-state index in [1.165, 1.54) is 31.2 Å². The molecule has 4 heteroatoms. The summed E-state index contributed by atoms with van der Waals surface area (Å²) in [7, 11) is 1.83. The van der Waals surface area contributed by atoms with Crippen LogP contribution in [-0.2, 0) is 6.54 Å². The van der Waals surface area contributed by atoms with E-state index in [0.717, 1.165) is 30.0 Å². The maximum atomic E-state index is 5.89. The summed E-state index contributed by atoms with van der Waals surface area (Å²) >= 11 is 5.89. The lowest BCUT2D eigenvalue weighted by molar-refractivity contribution is 0.431. The Balaban J connectivity index is 1.46. The van der Waals surface area contributed by atoms with Crippen LogP contribution >= 0.6 is 11.6 Å². The minimum absolute atomic E-state index is 0.595. The van der Waals surface area contributed by atoms with Crippen LogP contribution in [0.3, 0.4) is 0 Å². The molecule has 2 aliphatic rings. The van der Waals surface area contributed by atoms with E-state index < -0.39 is 0 Å². The maximum absolute atomic E-state index is 5.89. The first-order valence-electron chi connectivity index (χ1n) is 7.41. The van der Waals surface area contributed by atoms with Crippen molar-refractivity contribution in [2.24, 2.45) is 16.3 Å². The Labute approximate surface area is 125 Å². The van der Waals surface area contributed by atoms with Crippen LogP contribution < -0.4 is 10.6 Å². The molecule has 2 fully saturated rings. The summed E-state index contributed by atoms with van der Waals surface area (Å²) < 4.78 is 0. The minimum atomic E-state index is 0.595. The zero-order valence-corrected chi connectivity index (χ0v) is 12.7. The average Bonchev–Trinajstić information content (AvgIpc) is 3.34. The van der Waals surface area contributed by atoms with Crippen molar-refractivity contribution in [1.29, 1.82) is 0 Å². The van der Waals surface area contributed by atoms with Crippen molar-refractivity contribution in [2.75, 3.05) is 13.6 Å². The van der Waals surface area contributed by atoms with Gasteiger partial charge in [-0.05, 0) is 54.7 Å². The first-order chi connectivity index (χ1) is 9.72. The maximum Gasteiger partial charge on any atom is 0.191 e. The normalized spacial score (nSPS) is 20.6. The van der Waals surface area contributed by atoms with Gasteiger partial charge >= 0.3 is 0 Å². The summed E-state index contributed by atoms with van der Waals surface area (Å²) in [5.74, 6) is 1.87. The first kappa shape index (κ1) is 13.7. The zero-order chi connectivity index (χ0) is 14.0. The standard InChI is InChI=1S/C16H22ClN3/c1-18-15(19-10-12-2-6-14(17)7-3-12)20-11-16(8-9-16)13-4-5-13/h2-3,6-7,13H,4-5,8-11H2,1H3,(H2,18,19,20). The summed E-state index contributed by atoms with van der Waals surface area (Å²) in [6.07, 6.45) is 5.63. The summed E-state index contributed by atoms with van der Waals surface area (Å²) in [6.45, 7) is 1.84. The van der Waals surface area contributed by atoms with Gasteiger partial charge in [-0.25, -0.2) is 0 Å². The third-order valence-electron chi connectivity index (χ3n) is 4.54. The third kappa shape index (κ3) is 3.26. The molecule has 0 amide bonds. The Morgan fingerprint density at radius 3 is 2.50 bits per heavy atom. The fraction of sp³-hybridized carbons (Fsp3) is 0.562. The molecule has 108 valence electrons. The molecule has 1 aromatic rings. The van der Waals surface area contributed by atoms with Crippen molar-refractivity contribution in [3.8, 4) is 0 Å². The highest BCUT2D eigenvalue weighted by Gasteiger charge is 2.53. The third-order valence-corrected chi connectivity index (χ3v) is 4.79. The number of benzene rings is 1. The van der Waals surface area contributed by atoms with Crippen molar-refractivity contribution in [1.82, 2.24) is 10.6 Å². The molecule has 0 aromatic heterocycles. The van der Waals surface area contributed by atoms with Crippen LogP contribution in [0.15, 0.2) is 29.3 Å². The number of aliphatic imine (C=N–C) groups is 1. The van der Waals surface area contributed by atoms with E-state index in [2.05, 4.69) is 15.6 Å². The van der Waals surface area contributed by atoms with Gasteiger partial charge in [0.1, 0.15) is 0 Å². The molecule has 20 heavy (non-hydrogen) atoms. The topological polar surface area (TPSA) is 36.4 Å².